The van der Waals surface area contributed by atoms with Crippen molar-refractivity contribution in [2.75, 3.05) is 25.1 Å². The first kappa shape index (κ1) is 17.2. The van der Waals surface area contributed by atoms with E-state index in [2.05, 4.69) is 15.5 Å². The van der Waals surface area contributed by atoms with E-state index < -0.39 is 17.1 Å². The van der Waals surface area contributed by atoms with Gasteiger partial charge in [0.1, 0.15) is 19.0 Å². The van der Waals surface area contributed by atoms with E-state index in [1.807, 2.05) is 18.2 Å². The maximum atomic E-state index is 12.3. The van der Waals surface area contributed by atoms with Crippen LogP contribution in [0.5, 0.6) is 5.75 Å². The fraction of sp³-hybridized carbons (Fsp3) is 0.308. The standard InChI is InChI=1S/C13H12F3N3O3S/c14-13(15,16)11-18-19-12(23-11)17-10(20)8-21-6-7-22-9-4-2-1-3-5-9/h1-5H,6-8H2,(H,17,19,20). The van der Waals surface area contributed by atoms with Gasteiger partial charge in [0.15, 0.2) is 0 Å². The smallest absolute Gasteiger partial charge is 0.445 e. The van der Waals surface area contributed by atoms with Gasteiger partial charge in [0, 0.05) is 0 Å². The molecule has 2 rings (SSSR count). The molecule has 0 bridgehead atoms. The molecule has 124 valence electrons. The number of hydrogen-bond donors (Lipinski definition) is 1. The predicted molar refractivity (Wildman–Crippen MR) is 76.3 cm³/mol. The number of alkyl halides is 3. The van der Waals surface area contributed by atoms with Gasteiger partial charge in [-0.3, -0.25) is 10.1 Å². The Morgan fingerprint density at radius 3 is 2.57 bits per heavy atom. The van der Waals surface area contributed by atoms with E-state index in [-0.39, 0.29) is 36.3 Å². The van der Waals surface area contributed by atoms with Crippen molar-refractivity contribution in [2.24, 2.45) is 0 Å². The van der Waals surface area contributed by atoms with Crippen molar-refractivity contribution in [1.82, 2.24) is 10.2 Å². The van der Waals surface area contributed by atoms with Crippen molar-refractivity contribution in [3.8, 4) is 5.75 Å². The Labute approximate surface area is 133 Å². The molecule has 1 N–H and O–H groups in total. The normalized spacial score (nSPS) is 11.3. The highest BCUT2D eigenvalue weighted by Crippen LogP contribution is 2.32. The summed E-state index contributed by atoms with van der Waals surface area (Å²) in [6, 6.07) is 9.05. The molecule has 1 aromatic heterocycles. The lowest BCUT2D eigenvalue weighted by Crippen LogP contribution is -2.20. The van der Waals surface area contributed by atoms with Gasteiger partial charge in [-0.15, -0.1) is 10.2 Å². The van der Waals surface area contributed by atoms with Crippen molar-refractivity contribution in [1.29, 1.82) is 0 Å². The second-order valence-electron chi connectivity index (χ2n) is 4.17. The van der Waals surface area contributed by atoms with Crippen LogP contribution in [0.1, 0.15) is 5.01 Å². The molecule has 0 aliphatic rings. The van der Waals surface area contributed by atoms with Crippen molar-refractivity contribution in [3.05, 3.63) is 35.3 Å². The first-order chi connectivity index (χ1) is 10.9. The van der Waals surface area contributed by atoms with Gasteiger partial charge in [0.25, 0.3) is 5.91 Å². The van der Waals surface area contributed by atoms with E-state index in [1.54, 1.807) is 12.1 Å². The molecule has 0 saturated carbocycles. The lowest BCUT2D eigenvalue weighted by Gasteiger charge is -2.06. The van der Waals surface area contributed by atoms with Gasteiger partial charge < -0.3 is 9.47 Å². The van der Waals surface area contributed by atoms with Crippen molar-refractivity contribution in [3.63, 3.8) is 0 Å². The molecule has 2 aromatic rings. The van der Waals surface area contributed by atoms with Gasteiger partial charge in [-0.25, -0.2) is 0 Å². The zero-order chi connectivity index (χ0) is 16.7. The van der Waals surface area contributed by atoms with E-state index in [0.29, 0.717) is 5.75 Å². The summed E-state index contributed by atoms with van der Waals surface area (Å²) in [6.07, 6.45) is -4.58. The first-order valence-corrected chi connectivity index (χ1v) is 7.23. The summed E-state index contributed by atoms with van der Waals surface area (Å²) < 4.78 is 47.4. The van der Waals surface area contributed by atoms with Crippen LogP contribution in [0.4, 0.5) is 18.3 Å². The number of carbonyl (C=O) groups excluding carboxylic acids is 1. The fourth-order valence-corrected chi connectivity index (χ4v) is 2.07. The van der Waals surface area contributed by atoms with Crippen molar-refractivity contribution < 1.29 is 27.4 Å². The molecule has 0 aliphatic carbocycles. The molecule has 0 unspecified atom stereocenters. The van der Waals surface area contributed by atoms with Gasteiger partial charge in [0.2, 0.25) is 10.1 Å². The number of anilines is 1. The molecule has 0 saturated heterocycles. The molecule has 1 aromatic carbocycles. The van der Waals surface area contributed by atoms with E-state index >= 15 is 0 Å². The summed E-state index contributed by atoms with van der Waals surface area (Å²) in [6.45, 7) is 0.0830. The summed E-state index contributed by atoms with van der Waals surface area (Å²) in [7, 11) is 0. The molecule has 23 heavy (non-hydrogen) atoms. The summed E-state index contributed by atoms with van der Waals surface area (Å²) in [5.74, 6) is 0.0590. The second-order valence-corrected chi connectivity index (χ2v) is 5.15. The quantitative estimate of drug-likeness (QED) is 0.780. The van der Waals surface area contributed by atoms with Crippen LogP contribution in [0.15, 0.2) is 30.3 Å². The Kier molecular flexibility index (Phi) is 5.88. The Bertz CT molecular complexity index is 634. The molecular weight excluding hydrogens is 335 g/mol. The molecule has 1 heterocycles. The molecule has 6 nitrogen and oxygen atoms in total. The predicted octanol–water partition coefficient (Wildman–Crippen LogP) is 2.59. The number of hydrogen-bond acceptors (Lipinski definition) is 6. The average molecular weight is 347 g/mol. The van der Waals surface area contributed by atoms with Crippen molar-refractivity contribution >= 4 is 22.4 Å². The largest absolute Gasteiger partial charge is 0.491 e. The van der Waals surface area contributed by atoms with E-state index in [1.165, 1.54) is 0 Å². The molecule has 0 aliphatic heterocycles. The number of benzene rings is 1. The Hall–Kier alpha value is -2.20. The zero-order valence-electron chi connectivity index (χ0n) is 11.7. The topological polar surface area (TPSA) is 73.3 Å². The van der Waals surface area contributed by atoms with Crippen LogP contribution in [0.25, 0.3) is 0 Å². The third kappa shape index (κ3) is 5.83. The summed E-state index contributed by atoms with van der Waals surface area (Å²) >= 11 is 0.250. The Morgan fingerprint density at radius 2 is 1.91 bits per heavy atom. The number of nitrogens with one attached hydrogen (secondary N) is 1. The van der Waals surface area contributed by atoms with Crippen LogP contribution in [-0.4, -0.2) is 35.9 Å². The first-order valence-electron chi connectivity index (χ1n) is 6.41. The highest BCUT2D eigenvalue weighted by atomic mass is 32.1. The number of nitrogens with zero attached hydrogens (tertiary/aromatic N) is 2. The van der Waals surface area contributed by atoms with Crippen LogP contribution < -0.4 is 10.1 Å². The maximum absolute atomic E-state index is 12.3. The zero-order valence-corrected chi connectivity index (χ0v) is 12.5. The number of ether oxygens (including phenoxy) is 2. The van der Waals surface area contributed by atoms with Gasteiger partial charge in [-0.05, 0) is 12.1 Å². The van der Waals surface area contributed by atoms with Crippen LogP contribution in [0, 0.1) is 0 Å². The van der Waals surface area contributed by atoms with Crippen LogP contribution in [0.2, 0.25) is 0 Å². The van der Waals surface area contributed by atoms with Crippen LogP contribution in [0.3, 0.4) is 0 Å². The summed E-state index contributed by atoms with van der Waals surface area (Å²) in [4.78, 5) is 11.5. The molecule has 0 atom stereocenters. The monoisotopic (exact) mass is 347 g/mol. The fourth-order valence-electron chi connectivity index (χ4n) is 1.44. The van der Waals surface area contributed by atoms with Gasteiger partial charge in [-0.1, -0.05) is 29.5 Å². The van der Waals surface area contributed by atoms with Gasteiger partial charge in [-0.2, -0.15) is 13.2 Å². The minimum atomic E-state index is -4.58. The summed E-state index contributed by atoms with van der Waals surface area (Å²) in [5, 5.41) is 7.03. The molecule has 0 radical (unpaired) electrons. The molecule has 1 amide bonds. The third-order valence-corrected chi connectivity index (χ3v) is 3.27. The lowest BCUT2D eigenvalue weighted by atomic mass is 10.3. The number of carbonyl (C=O) groups is 1. The molecule has 10 heteroatoms. The van der Waals surface area contributed by atoms with Crippen molar-refractivity contribution in [2.45, 2.75) is 6.18 Å². The van der Waals surface area contributed by atoms with Crippen LogP contribution in [-0.2, 0) is 15.7 Å². The minimum Gasteiger partial charge on any atom is -0.491 e. The van der Waals surface area contributed by atoms with E-state index in [4.69, 9.17) is 9.47 Å². The highest BCUT2D eigenvalue weighted by molar-refractivity contribution is 7.15. The number of amides is 1. The molecule has 0 fully saturated rings. The molecular formula is C13H12F3N3O3S. The third-order valence-electron chi connectivity index (χ3n) is 2.39. The number of rotatable bonds is 7. The Balaban J connectivity index is 1.64. The maximum Gasteiger partial charge on any atom is 0.445 e. The number of para-hydroxylation sites is 1. The summed E-state index contributed by atoms with van der Waals surface area (Å²) in [5.41, 5.74) is 0. The van der Waals surface area contributed by atoms with E-state index in [9.17, 15) is 18.0 Å². The molecule has 0 spiro atoms. The van der Waals surface area contributed by atoms with Gasteiger partial charge >= 0.3 is 6.18 Å². The van der Waals surface area contributed by atoms with E-state index in [0.717, 1.165) is 0 Å². The average Bonchev–Trinajstić information content (AvgIpc) is 2.96. The number of halogens is 3. The highest BCUT2D eigenvalue weighted by Gasteiger charge is 2.35. The Morgan fingerprint density at radius 1 is 1.17 bits per heavy atom. The SMILES string of the molecule is O=C(COCCOc1ccccc1)Nc1nnc(C(F)(F)F)s1. The van der Waals surface area contributed by atoms with Gasteiger partial charge in [0.05, 0.1) is 6.61 Å². The number of aromatic nitrogens is 2. The lowest BCUT2D eigenvalue weighted by molar-refractivity contribution is -0.138. The minimum absolute atomic E-state index is 0.159. The van der Waals surface area contributed by atoms with Crippen LogP contribution >= 0.6 is 11.3 Å². The second kappa shape index (κ2) is 7.88.